The molecule has 1 heterocycles. The smallest absolute Gasteiger partial charge is 0.162 e. The van der Waals surface area contributed by atoms with Gasteiger partial charge in [-0.2, -0.15) is 0 Å². The van der Waals surface area contributed by atoms with E-state index in [-0.39, 0.29) is 5.75 Å². The Hall–Kier alpha value is -2.14. The van der Waals surface area contributed by atoms with E-state index in [0.29, 0.717) is 25.4 Å². The van der Waals surface area contributed by atoms with Crippen LogP contribution in [0.4, 0.5) is 0 Å². The lowest BCUT2D eigenvalue weighted by Crippen LogP contribution is -2.14. The summed E-state index contributed by atoms with van der Waals surface area (Å²) in [6.45, 7) is 5.47. The van der Waals surface area contributed by atoms with Crippen LogP contribution in [0.1, 0.15) is 23.9 Å². The fourth-order valence-corrected chi connectivity index (χ4v) is 1.82. The van der Waals surface area contributed by atoms with Gasteiger partial charge in [-0.25, -0.2) is 0 Å². The fraction of sp³-hybridized carbons (Fsp3) is 0.333. The van der Waals surface area contributed by atoms with Crippen LogP contribution in [0.2, 0.25) is 0 Å². The zero-order valence-electron chi connectivity index (χ0n) is 11.8. The molecule has 20 heavy (non-hydrogen) atoms. The zero-order valence-corrected chi connectivity index (χ0v) is 11.8. The summed E-state index contributed by atoms with van der Waals surface area (Å²) in [7, 11) is 0. The molecular weight excluding hydrogens is 254 g/mol. The number of hydrogen-bond donors (Lipinski definition) is 2. The molecule has 0 unspecified atom stereocenters. The number of phenolic OH excluding ortho intramolecular Hbond substituents is 1. The second-order valence-electron chi connectivity index (χ2n) is 4.45. The predicted octanol–water partition coefficient (Wildman–Crippen LogP) is 2.18. The van der Waals surface area contributed by atoms with E-state index in [1.54, 1.807) is 18.5 Å². The van der Waals surface area contributed by atoms with E-state index in [2.05, 4.69) is 15.3 Å². The number of aryl methyl sites for hydroxylation is 1. The summed E-state index contributed by atoms with van der Waals surface area (Å²) in [5, 5.41) is 13.3. The van der Waals surface area contributed by atoms with Crippen molar-refractivity contribution in [2.75, 3.05) is 6.61 Å². The van der Waals surface area contributed by atoms with Gasteiger partial charge in [0.2, 0.25) is 0 Å². The van der Waals surface area contributed by atoms with Gasteiger partial charge in [0.15, 0.2) is 11.5 Å². The number of ether oxygens (including phenoxy) is 1. The second kappa shape index (κ2) is 6.86. The molecule has 0 aliphatic heterocycles. The summed E-state index contributed by atoms with van der Waals surface area (Å²) in [5.74, 6) is 0.707. The molecule has 1 aromatic heterocycles. The van der Waals surface area contributed by atoms with E-state index in [1.807, 2.05) is 26.0 Å². The van der Waals surface area contributed by atoms with E-state index in [4.69, 9.17) is 4.74 Å². The maximum atomic E-state index is 10.1. The van der Waals surface area contributed by atoms with Crippen LogP contribution in [0.5, 0.6) is 11.5 Å². The summed E-state index contributed by atoms with van der Waals surface area (Å²) < 4.78 is 5.35. The normalized spacial score (nSPS) is 10.5. The first-order valence-corrected chi connectivity index (χ1v) is 6.62. The molecule has 5 heteroatoms. The van der Waals surface area contributed by atoms with E-state index in [0.717, 1.165) is 17.0 Å². The third kappa shape index (κ3) is 3.68. The van der Waals surface area contributed by atoms with Gasteiger partial charge in [0, 0.05) is 31.0 Å². The van der Waals surface area contributed by atoms with Gasteiger partial charge in [-0.3, -0.25) is 9.97 Å². The lowest BCUT2D eigenvalue weighted by Gasteiger charge is -2.10. The minimum atomic E-state index is 0.192. The molecule has 0 amide bonds. The number of phenols is 1. The summed E-state index contributed by atoms with van der Waals surface area (Å²) >= 11 is 0. The van der Waals surface area contributed by atoms with Crippen LogP contribution in [0.3, 0.4) is 0 Å². The maximum absolute atomic E-state index is 10.1. The Kier molecular flexibility index (Phi) is 4.90. The van der Waals surface area contributed by atoms with Gasteiger partial charge in [0.1, 0.15) is 0 Å². The average molecular weight is 273 g/mol. The van der Waals surface area contributed by atoms with Gasteiger partial charge in [-0.05, 0) is 19.9 Å². The third-order valence-corrected chi connectivity index (χ3v) is 2.84. The molecule has 2 aromatic rings. The summed E-state index contributed by atoms with van der Waals surface area (Å²) in [6.07, 6.45) is 3.49. The zero-order chi connectivity index (χ0) is 14.4. The molecule has 0 aliphatic carbocycles. The van der Waals surface area contributed by atoms with Crippen molar-refractivity contribution in [2.45, 2.75) is 26.9 Å². The molecule has 0 saturated heterocycles. The van der Waals surface area contributed by atoms with Crippen LogP contribution in [-0.2, 0) is 13.1 Å². The second-order valence-corrected chi connectivity index (χ2v) is 4.45. The monoisotopic (exact) mass is 273 g/mol. The number of aromatic nitrogens is 2. The van der Waals surface area contributed by atoms with Crippen LogP contribution in [-0.4, -0.2) is 21.7 Å². The molecule has 2 rings (SSSR count). The summed E-state index contributed by atoms with van der Waals surface area (Å²) in [5.41, 5.74) is 2.57. The standard InChI is InChI=1S/C15H19N3O2/c1-3-20-14-6-4-5-12(15(14)19)8-16-9-13-10-17-11(2)7-18-13/h4-7,10,16,19H,3,8-9H2,1-2H3. The van der Waals surface area contributed by atoms with Crippen molar-refractivity contribution >= 4 is 0 Å². The van der Waals surface area contributed by atoms with Gasteiger partial charge in [0.05, 0.1) is 18.0 Å². The van der Waals surface area contributed by atoms with Crippen LogP contribution >= 0.6 is 0 Å². The van der Waals surface area contributed by atoms with E-state index < -0.39 is 0 Å². The highest BCUT2D eigenvalue weighted by molar-refractivity contribution is 5.45. The third-order valence-electron chi connectivity index (χ3n) is 2.84. The van der Waals surface area contributed by atoms with Crippen molar-refractivity contribution in [3.8, 4) is 11.5 Å². The molecule has 5 nitrogen and oxygen atoms in total. The van der Waals surface area contributed by atoms with Gasteiger partial charge in [0.25, 0.3) is 0 Å². The number of rotatable bonds is 6. The van der Waals surface area contributed by atoms with Crippen molar-refractivity contribution in [3.63, 3.8) is 0 Å². The van der Waals surface area contributed by atoms with Crippen LogP contribution < -0.4 is 10.1 Å². The number of aromatic hydroxyl groups is 1. The highest BCUT2D eigenvalue weighted by atomic mass is 16.5. The SMILES string of the molecule is CCOc1cccc(CNCc2cnc(C)cn2)c1O. The molecule has 106 valence electrons. The lowest BCUT2D eigenvalue weighted by molar-refractivity contribution is 0.316. The Morgan fingerprint density at radius 1 is 1.20 bits per heavy atom. The lowest BCUT2D eigenvalue weighted by atomic mass is 10.2. The quantitative estimate of drug-likeness (QED) is 0.844. The van der Waals surface area contributed by atoms with Crippen LogP contribution in [0.15, 0.2) is 30.6 Å². The maximum Gasteiger partial charge on any atom is 0.162 e. The Morgan fingerprint density at radius 2 is 2.05 bits per heavy atom. The van der Waals surface area contributed by atoms with E-state index >= 15 is 0 Å². The van der Waals surface area contributed by atoms with Crippen molar-refractivity contribution in [1.29, 1.82) is 0 Å². The molecule has 0 bridgehead atoms. The minimum Gasteiger partial charge on any atom is -0.504 e. The first kappa shape index (κ1) is 14.3. The van der Waals surface area contributed by atoms with Crippen LogP contribution in [0, 0.1) is 6.92 Å². The molecular formula is C15H19N3O2. The topological polar surface area (TPSA) is 67.3 Å². The molecule has 2 N–H and O–H groups in total. The van der Waals surface area contributed by atoms with Gasteiger partial charge >= 0.3 is 0 Å². The van der Waals surface area contributed by atoms with Gasteiger partial charge in [-0.1, -0.05) is 12.1 Å². The Bertz CT molecular complexity index is 556. The van der Waals surface area contributed by atoms with Gasteiger partial charge in [-0.15, -0.1) is 0 Å². The Morgan fingerprint density at radius 3 is 2.75 bits per heavy atom. The van der Waals surface area contributed by atoms with Crippen molar-refractivity contribution in [1.82, 2.24) is 15.3 Å². The van der Waals surface area contributed by atoms with Crippen LogP contribution in [0.25, 0.3) is 0 Å². The number of benzene rings is 1. The fourth-order valence-electron chi connectivity index (χ4n) is 1.82. The molecule has 0 spiro atoms. The van der Waals surface area contributed by atoms with E-state index in [1.165, 1.54) is 0 Å². The van der Waals surface area contributed by atoms with Crippen molar-refractivity contribution in [3.05, 3.63) is 47.5 Å². The summed E-state index contributed by atoms with van der Waals surface area (Å²) in [4.78, 5) is 8.46. The van der Waals surface area contributed by atoms with E-state index in [9.17, 15) is 5.11 Å². The van der Waals surface area contributed by atoms with Crippen molar-refractivity contribution in [2.24, 2.45) is 0 Å². The Labute approximate surface area is 118 Å². The Balaban J connectivity index is 1.94. The number of nitrogens with one attached hydrogen (secondary N) is 1. The number of nitrogens with zero attached hydrogens (tertiary/aromatic N) is 2. The molecule has 0 aliphatic rings. The number of hydrogen-bond acceptors (Lipinski definition) is 5. The molecule has 0 radical (unpaired) electrons. The highest BCUT2D eigenvalue weighted by Gasteiger charge is 2.07. The largest absolute Gasteiger partial charge is 0.504 e. The number of para-hydroxylation sites is 1. The molecule has 0 saturated carbocycles. The van der Waals surface area contributed by atoms with Crippen molar-refractivity contribution < 1.29 is 9.84 Å². The highest BCUT2D eigenvalue weighted by Crippen LogP contribution is 2.29. The van der Waals surface area contributed by atoms with Gasteiger partial charge < -0.3 is 15.2 Å². The molecule has 1 aromatic carbocycles. The molecule has 0 atom stereocenters. The first-order chi connectivity index (χ1) is 9.70. The minimum absolute atomic E-state index is 0.192. The predicted molar refractivity (Wildman–Crippen MR) is 76.6 cm³/mol. The first-order valence-electron chi connectivity index (χ1n) is 6.62. The molecule has 0 fully saturated rings. The average Bonchev–Trinajstić information content (AvgIpc) is 2.45. The summed E-state index contributed by atoms with van der Waals surface area (Å²) in [6, 6.07) is 5.49.